The lowest BCUT2D eigenvalue weighted by atomic mass is 10.1. The molecule has 170 valence electrons. The normalized spacial score (nSPS) is 11.1. The maximum absolute atomic E-state index is 11.8. The van der Waals surface area contributed by atoms with Crippen LogP contribution in [0.15, 0.2) is 24.3 Å². The zero-order valence-electron chi connectivity index (χ0n) is 17.8. The molecule has 8 nitrogen and oxygen atoms in total. The van der Waals surface area contributed by atoms with Gasteiger partial charge in [-0.25, -0.2) is 0 Å². The first-order valence-corrected chi connectivity index (χ1v) is 12.1. The molecule has 1 aromatic rings. The van der Waals surface area contributed by atoms with Crippen molar-refractivity contribution in [1.82, 2.24) is 10.6 Å². The zero-order valence-corrected chi connectivity index (χ0v) is 18.6. The van der Waals surface area contributed by atoms with E-state index in [1.54, 1.807) is 12.1 Å². The fraction of sp³-hybridized carbons (Fsp3) is 0.619. The van der Waals surface area contributed by atoms with E-state index in [4.69, 9.17) is 5.14 Å². The van der Waals surface area contributed by atoms with E-state index in [2.05, 4.69) is 21.7 Å². The fourth-order valence-corrected chi connectivity index (χ4v) is 3.31. The molecule has 0 fully saturated rings. The lowest BCUT2D eigenvalue weighted by Crippen LogP contribution is -2.31. The van der Waals surface area contributed by atoms with Gasteiger partial charge in [-0.2, -0.15) is 13.6 Å². The van der Waals surface area contributed by atoms with Crippen molar-refractivity contribution in [3.05, 3.63) is 29.8 Å². The molecule has 0 unspecified atom stereocenters. The Morgan fingerprint density at radius 3 is 2.07 bits per heavy atom. The largest absolute Gasteiger partial charge is 0.380 e. The van der Waals surface area contributed by atoms with Gasteiger partial charge < -0.3 is 14.8 Å². The summed E-state index contributed by atoms with van der Waals surface area (Å²) in [4.78, 5) is 23.6. The van der Waals surface area contributed by atoms with E-state index >= 15 is 0 Å². The van der Waals surface area contributed by atoms with Crippen molar-refractivity contribution in [3.8, 4) is 5.75 Å². The van der Waals surface area contributed by atoms with Gasteiger partial charge in [0, 0.05) is 25.9 Å². The number of rotatable bonds is 16. The molecule has 0 aliphatic heterocycles. The second kappa shape index (κ2) is 14.8. The predicted octanol–water partition coefficient (Wildman–Crippen LogP) is 2.57. The highest BCUT2D eigenvalue weighted by molar-refractivity contribution is 7.84. The third kappa shape index (κ3) is 13.9. The Labute approximate surface area is 180 Å². The monoisotopic (exact) mass is 441 g/mol. The molecule has 1 rings (SSSR count). The average molecular weight is 442 g/mol. The predicted molar refractivity (Wildman–Crippen MR) is 117 cm³/mol. The van der Waals surface area contributed by atoms with E-state index in [-0.39, 0.29) is 24.0 Å². The van der Waals surface area contributed by atoms with Crippen LogP contribution >= 0.6 is 0 Å². The molecule has 0 aliphatic rings. The van der Waals surface area contributed by atoms with E-state index in [1.807, 2.05) is 0 Å². The SMILES string of the molecule is CCCCCCCCCC(=O)NCCC(=O)NCCc1ccc(OS(N)(=O)=O)cc1. The molecule has 30 heavy (non-hydrogen) atoms. The van der Waals surface area contributed by atoms with Crippen LogP contribution in [0.4, 0.5) is 0 Å². The summed E-state index contributed by atoms with van der Waals surface area (Å²) in [7, 11) is -4.03. The number of benzene rings is 1. The van der Waals surface area contributed by atoms with Crippen LogP contribution in [0.25, 0.3) is 0 Å². The third-order valence-electron chi connectivity index (χ3n) is 4.55. The number of hydrogen-bond donors (Lipinski definition) is 3. The quantitative estimate of drug-likeness (QED) is 0.340. The van der Waals surface area contributed by atoms with Gasteiger partial charge in [0.1, 0.15) is 5.75 Å². The first-order valence-electron chi connectivity index (χ1n) is 10.6. The van der Waals surface area contributed by atoms with E-state index < -0.39 is 10.3 Å². The molecule has 0 aliphatic carbocycles. The minimum absolute atomic E-state index is 0.00170. The fourth-order valence-electron chi connectivity index (χ4n) is 2.93. The average Bonchev–Trinajstić information content (AvgIpc) is 2.67. The smallest absolute Gasteiger partial charge is 0.371 e. The van der Waals surface area contributed by atoms with Crippen LogP contribution in [-0.4, -0.2) is 33.3 Å². The van der Waals surface area contributed by atoms with Gasteiger partial charge in [0.25, 0.3) is 0 Å². The molecule has 0 radical (unpaired) electrons. The molecule has 1 aromatic carbocycles. The van der Waals surface area contributed by atoms with E-state index in [0.717, 1.165) is 18.4 Å². The second-order valence-corrected chi connectivity index (χ2v) is 8.44. The van der Waals surface area contributed by atoms with Crippen LogP contribution in [0.2, 0.25) is 0 Å². The van der Waals surface area contributed by atoms with Crippen molar-refractivity contribution in [1.29, 1.82) is 0 Å². The number of nitrogens with two attached hydrogens (primary N) is 1. The summed E-state index contributed by atoms with van der Waals surface area (Å²) in [5.41, 5.74) is 0.917. The van der Waals surface area contributed by atoms with Crippen LogP contribution < -0.4 is 20.0 Å². The van der Waals surface area contributed by atoms with Crippen molar-refractivity contribution >= 4 is 22.1 Å². The molecule has 0 bridgehead atoms. The highest BCUT2D eigenvalue weighted by Crippen LogP contribution is 2.13. The van der Waals surface area contributed by atoms with Crippen LogP contribution in [0.5, 0.6) is 5.75 Å². The van der Waals surface area contributed by atoms with Gasteiger partial charge in [-0.15, -0.1) is 0 Å². The number of amides is 2. The Kier molecular flexibility index (Phi) is 12.8. The number of carbonyl (C=O) groups is 2. The molecule has 0 spiro atoms. The van der Waals surface area contributed by atoms with Crippen molar-refractivity contribution in [2.75, 3.05) is 13.1 Å². The van der Waals surface area contributed by atoms with Crippen LogP contribution in [0, 0.1) is 0 Å². The zero-order chi connectivity index (χ0) is 22.2. The van der Waals surface area contributed by atoms with Gasteiger partial charge in [-0.3, -0.25) is 9.59 Å². The van der Waals surface area contributed by atoms with Gasteiger partial charge in [-0.1, -0.05) is 57.6 Å². The summed E-state index contributed by atoms with van der Waals surface area (Å²) < 4.78 is 26.3. The molecular weight excluding hydrogens is 406 g/mol. The number of carbonyl (C=O) groups excluding carboxylic acids is 2. The Morgan fingerprint density at radius 2 is 1.43 bits per heavy atom. The summed E-state index contributed by atoms with van der Waals surface area (Å²) in [6.45, 7) is 2.97. The molecule has 0 saturated carbocycles. The summed E-state index contributed by atoms with van der Waals surface area (Å²) in [6, 6.07) is 6.41. The molecule has 0 atom stereocenters. The molecule has 0 saturated heterocycles. The number of hydrogen-bond acceptors (Lipinski definition) is 5. The Morgan fingerprint density at radius 1 is 0.867 bits per heavy atom. The Hall–Kier alpha value is -2.13. The molecule has 0 heterocycles. The molecule has 9 heteroatoms. The molecular formula is C21H35N3O5S. The van der Waals surface area contributed by atoms with Crippen LogP contribution in [-0.2, 0) is 26.3 Å². The van der Waals surface area contributed by atoms with Crippen molar-refractivity contribution < 1.29 is 22.2 Å². The summed E-state index contributed by atoms with van der Waals surface area (Å²) in [5, 5.41) is 10.4. The van der Waals surface area contributed by atoms with E-state index in [1.165, 1.54) is 44.2 Å². The Balaban J connectivity index is 2.07. The number of unbranched alkanes of at least 4 members (excludes halogenated alkanes) is 6. The summed E-state index contributed by atoms with van der Waals surface area (Å²) >= 11 is 0. The summed E-state index contributed by atoms with van der Waals surface area (Å²) in [6.07, 6.45) is 9.53. The van der Waals surface area contributed by atoms with Gasteiger partial charge in [0.15, 0.2) is 0 Å². The third-order valence-corrected chi connectivity index (χ3v) is 4.98. The maximum Gasteiger partial charge on any atom is 0.380 e. The van der Waals surface area contributed by atoms with E-state index in [9.17, 15) is 18.0 Å². The van der Waals surface area contributed by atoms with E-state index in [0.29, 0.717) is 25.9 Å². The van der Waals surface area contributed by atoms with Gasteiger partial charge in [-0.05, 0) is 30.5 Å². The minimum atomic E-state index is -4.03. The van der Waals surface area contributed by atoms with Gasteiger partial charge >= 0.3 is 10.3 Å². The second-order valence-electron chi connectivity index (χ2n) is 7.29. The van der Waals surface area contributed by atoms with Crippen molar-refractivity contribution in [2.45, 2.75) is 71.1 Å². The van der Waals surface area contributed by atoms with Crippen LogP contribution in [0.1, 0.15) is 70.3 Å². The van der Waals surface area contributed by atoms with Crippen LogP contribution in [0.3, 0.4) is 0 Å². The maximum atomic E-state index is 11.8. The lowest BCUT2D eigenvalue weighted by Gasteiger charge is -2.08. The summed E-state index contributed by atoms with van der Waals surface area (Å²) in [5.74, 6) is 0.0103. The topological polar surface area (TPSA) is 128 Å². The molecule has 2 amide bonds. The Bertz CT molecular complexity index is 736. The van der Waals surface area contributed by atoms with Crippen molar-refractivity contribution in [2.24, 2.45) is 5.14 Å². The standard InChI is InChI=1S/C21H35N3O5S/c1-2-3-4-5-6-7-8-9-20(25)24-17-15-21(26)23-16-14-18-10-12-19(13-11-18)29-30(22,27)28/h10-13H,2-9,14-17H2,1H3,(H,23,26)(H,24,25)(H2,22,27,28). The van der Waals surface area contributed by atoms with Gasteiger partial charge in [0.2, 0.25) is 11.8 Å². The first-order chi connectivity index (χ1) is 14.3. The highest BCUT2D eigenvalue weighted by Gasteiger charge is 2.06. The highest BCUT2D eigenvalue weighted by atomic mass is 32.2. The molecule has 0 aromatic heterocycles. The lowest BCUT2D eigenvalue weighted by molar-refractivity contribution is -0.122. The minimum Gasteiger partial charge on any atom is -0.371 e. The first kappa shape index (κ1) is 25.9. The molecule has 4 N–H and O–H groups in total. The van der Waals surface area contributed by atoms with Gasteiger partial charge in [0.05, 0.1) is 0 Å². The number of nitrogens with one attached hydrogen (secondary N) is 2. The van der Waals surface area contributed by atoms with Crippen molar-refractivity contribution in [3.63, 3.8) is 0 Å².